The molecule has 0 N–H and O–H groups in total. The van der Waals surface area contributed by atoms with Gasteiger partial charge in [0.15, 0.2) is 0 Å². The van der Waals surface area contributed by atoms with Gasteiger partial charge in [-0.1, -0.05) is 26.0 Å². The van der Waals surface area contributed by atoms with E-state index >= 15 is 0 Å². The second kappa shape index (κ2) is 11.0. The Bertz CT molecular complexity index is 494. The highest BCUT2D eigenvalue weighted by Gasteiger charge is 2.40. The molecule has 1 aromatic rings. The van der Waals surface area contributed by atoms with E-state index in [0.717, 1.165) is 23.9 Å². The van der Waals surface area contributed by atoms with E-state index in [2.05, 4.69) is 25.9 Å². The Morgan fingerprint density at radius 2 is 1.60 bits per heavy atom. The summed E-state index contributed by atoms with van der Waals surface area (Å²) in [5, 5.41) is 0. The van der Waals surface area contributed by atoms with Gasteiger partial charge in [0, 0.05) is 0 Å². The molecule has 0 atom stereocenters. The lowest BCUT2D eigenvalue weighted by molar-refractivity contribution is -0.870. The molecule has 0 radical (unpaired) electrons. The molecule has 0 unspecified atom stereocenters. The lowest BCUT2D eigenvalue weighted by Gasteiger charge is -2.23. The Morgan fingerprint density at radius 1 is 1.04 bits per heavy atom. The number of hydrogen-bond acceptors (Lipinski definition) is 3. The largest absolute Gasteiger partial charge is 0.494 e. The lowest BCUT2D eigenvalue weighted by Crippen LogP contribution is -2.35. The first-order valence-electron chi connectivity index (χ1n) is 8.34. The fraction of sp³-hybridized carbons (Fsp3) is 0.611. The van der Waals surface area contributed by atoms with Crippen LogP contribution in [-0.2, 0) is 16.1 Å². The van der Waals surface area contributed by atoms with Crippen LogP contribution < -0.4 is 4.74 Å². The number of quaternary nitrogens is 1. The molecule has 0 aromatic heterocycles. The number of alkyl halides is 3. The molecule has 0 bridgehead atoms. The number of carbonyl (C=O) groups excluding carboxylic acids is 1. The predicted octanol–water partition coefficient (Wildman–Crippen LogP) is 4.18. The molecule has 0 spiro atoms. The zero-order valence-corrected chi connectivity index (χ0v) is 15.7. The van der Waals surface area contributed by atoms with E-state index in [-0.39, 0.29) is 0 Å². The van der Waals surface area contributed by atoms with Crippen LogP contribution in [0.1, 0.15) is 32.3 Å². The first-order chi connectivity index (χ1) is 11.6. The molecule has 0 fully saturated rings. The lowest BCUT2D eigenvalue weighted by atomic mass is 10.2. The summed E-state index contributed by atoms with van der Waals surface area (Å²) in [7, 11) is 6.39. The summed E-state index contributed by atoms with van der Waals surface area (Å²) in [6.07, 6.45) is -2.98. The maximum absolute atomic E-state index is 12.0. The number of hydrogen-bond donors (Lipinski definition) is 0. The van der Waals surface area contributed by atoms with Crippen molar-refractivity contribution >= 4 is 5.97 Å². The van der Waals surface area contributed by atoms with Crippen LogP contribution in [0, 0.1) is 0 Å². The topological polar surface area (TPSA) is 35.5 Å². The fourth-order valence-corrected chi connectivity index (χ4v) is 1.79. The molecule has 1 aromatic carbocycles. The van der Waals surface area contributed by atoms with E-state index in [4.69, 9.17) is 4.74 Å². The number of rotatable bonds is 8. The maximum atomic E-state index is 12.0. The van der Waals surface area contributed by atoms with Crippen LogP contribution in [0.2, 0.25) is 0 Å². The highest BCUT2D eigenvalue weighted by Crippen LogP contribution is 2.18. The van der Waals surface area contributed by atoms with Crippen LogP contribution in [0.3, 0.4) is 0 Å². The van der Waals surface area contributed by atoms with Gasteiger partial charge in [0.05, 0.1) is 34.3 Å². The number of esters is 1. The van der Waals surface area contributed by atoms with Crippen molar-refractivity contribution in [2.24, 2.45) is 0 Å². The SMILES string of the molecule is CC.C[N+](C)(C)CCCCOc1ccc(COC(=O)C(F)(F)F)cc1. The number of halogens is 3. The van der Waals surface area contributed by atoms with E-state index in [1.807, 2.05) is 13.8 Å². The molecule has 144 valence electrons. The molecule has 0 saturated carbocycles. The predicted molar refractivity (Wildman–Crippen MR) is 91.3 cm³/mol. The Morgan fingerprint density at radius 3 is 2.08 bits per heavy atom. The van der Waals surface area contributed by atoms with E-state index in [1.165, 1.54) is 0 Å². The fourth-order valence-electron chi connectivity index (χ4n) is 1.79. The standard InChI is InChI=1S/C16H23F3NO3.C2H6/c1-20(2,3)10-4-5-11-22-14-8-6-13(7-9-14)12-23-15(21)16(17,18)19;1-2/h6-9H,4-5,10-12H2,1-3H3;1-2H3/q+1;. The third-order valence-electron chi connectivity index (χ3n) is 3.02. The number of ether oxygens (including phenoxy) is 2. The van der Waals surface area contributed by atoms with Gasteiger partial charge in [0.1, 0.15) is 12.4 Å². The van der Waals surface area contributed by atoms with Crippen LogP contribution in [0.15, 0.2) is 24.3 Å². The first kappa shape index (κ1) is 23.2. The molecule has 0 aliphatic rings. The van der Waals surface area contributed by atoms with Crippen molar-refractivity contribution in [2.45, 2.75) is 39.5 Å². The Hall–Kier alpha value is -1.76. The van der Waals surface area contributed by atoms with Crippen LogP contribution in [0.25, 0.3) is 0 Å². The van der Waals surface area contributed by atoms with Gasteiger partial charge in [-0.05, 0) is 30.5 Å². The van der Waals surface area contributed by atoms with E-state index in [9.17, 15) is 18.0 Å². The number of benzene rings is 1. The average Bonchev–Trinajstić information content (AvgIpc) is 2.53. The third kappa shape index (κ3) is 11.4. The normalized spacial score (nSPS) is 11.4. The summed E-state index contributed by atoms with van der Waals surface area (Å²) in [6.45, 7) is 5.23. The van der Waals surface area contributed by atoms with Crippen molar-refractivity contribution in [3.8, 4) is 5.75 Å². The highest BCUT2D eigenvalue weighted by molar-refractivity contribution is 5.75. The molecule has 1 rings (SSSR count). The van der Waals surface area contributed by atoms with Gasteiger partial charge in [0.2, 0.25) is 0 Å². The summed E-state index contributed by atoms with van der Waals surface area (Å²) < 4.78 is 46.6. The molecule has 7 heteroatoms. The molecule has 0 amide bonds. The Balaban J connectivity index is 0.00000277. The second-order valence-corrected chi connectivity index (χ2v) is 6.29. The second-order valence-electron chi connectivity index (χ2n) is 6.29. The molecule has 0 saturated heterocycles. The monoisotopic (exact) mass is 364 g/mol. The summed E-state index contributed by atoms with van der Waals surface area (Å²) in [5.74, 6) is -1.55. The number of nitrogens with zero attached hydrogens (tertiary/aromatic N) is 1. The quantitative estimate of drug-likeness (QED) is 0.394. The van der Waals surface area contributed by atoms with Crippen molar-refractivity contribution in [1.29, 1.82) is 0 Å². The van der Waals surface area contributed by atoms with Crippen molar-refractivity contribution in [3.05, 3.63) is 29.8 Å². The van der Waals surface area contributed by atoms with Crippen LogP contribution in [-0.4, -0.2) is 50.9 Å². The first-order valence-corrected chi connectivity index (χ1v) is 8.34. The van der Waals surface area contributed by atoms with Gasteiger partial charge in [-0.25, -0.2) is 4.79 Å². The van der Waals surface area contributed by atoms with E-state index in [1.54, 1.807) is 24.3 Å². The number of carbonyl (C=O) groups is 1. The molecular weight excluding hydrogens is 335 g/mol. The molecule has 25 heavy (non-hydrogen) atoms. The Labute approximate surface area is 148 Å². The van der Waals surface area contributed by atoms with Crippen molar-refractivity contribution < 1.29 is 31.9 Å². The summed E-state index contributed by atoms with van der Waals surface area (Å²) in [5.41, 5.74) is 0.472. The minimum absolute atomic E-state index is 0.415. The van der Waals surface area contributed by atoms with Crippen molar-refractivity contribution in [1.82, 2.24) is 0 Å². The van der Waals surface area contributed by atoms with Crippen molar-refractivity contribution in [3.63, 3.8) is 0 Å². The summed E-state index contributed by atoms with van der Waals surface area (Å²) in [4.78, 5) is 10.6. The van der Waals surface area contributed by atoms with Gasteiger partial charge < -0.3 is 14.0 Å². The zero-order valence-electron chi connectivity index (χ0n) is 15.7. The van der Waals surface area contributed by atoms with Crippen LogP contribution in [0.4, 0.5) is 13.2 Å². The minimum Gasteiger partial charge on any atom is -0.494 e. The van der Waals surface area contributed by atoms with Gasteiger partial charge in [-0.3, -0.25) is 0 Å². The van der Waals surface area contributed by atoms with E-state index in [0.29, 0.717) is 17.9 Å². The van der Waals surface area contributed by atoms with Crippen LogP contribution in [0.5, 0.6) is 5.75 Å². The summed E-state index contributed by atoms with van der Waals surface area (Å²) in [6, 6.07) is 6.45. The third-order valence-corrected chi connectivity index (χ3v) is 3.02. The molecular formula is C18H29F3NO3+. The van der Waals surface area contributed by atoms with Gasteiger partial charge in [0.25, 0.3) is 0 Å². The minimum atomic E-state index is -4.96. The molecule has 0 aliphatic carbocycles. The summed E-state index contributed by atoms with van der Waals surface area (Å²) >= 11 is 0. The highest BCUT2D eigenvalue weighted by atomic mass is 19.4. The number of unbranched alkanes of at least 4 members (excludes halogenated alkanes) is 1. The Kier molecular flexibility index (Phi) is 10.2. The maximum Gasteiger partial charge on any atom is 0.490 e. The molecule has 0 heterocycles. The zero-order chi connectivity index (χ0) is 19.5. The average molecular weight is 364 g/mol. The van der Waals surface area contributed by atoms with E-state index < -0.39 is 18.8 Å². The molecule has 4 nitrogen and oxygen atoms in total. The smallest absolute Gasteiger partial charge is 0.490 e. The molecule has 0 aliphatic heterocycles. The van der Waals surface area contributed by atoms with Gasteiger partial charge in [-0.15, -0.1) is 0 Å². The van der Waals surface area contributed by atoms with Gasteiger partial charge >= 0.3 is 12.1 Å². The van der Waals surface area contributed by atoms with Crippen LogP contribution >= 0.6 is 0 Å². The van der Waals surface area contributed by atoms with Gasteiger partial charge in [-0.2, -0.15) is 13.2 Å². The van der Waals surface area contributed by atoms with Crippen molar-refractivity contribution in [2.75, 3.05) is 34.3 Å².